The van der Waals surface area contributed by atoms with Crippen LogP contribution < -0.4 is 18.9 Å². The zero-order valence-corrected chi connectivity index (χ0v) is 35.7. The lowest BCUT2D eigenvalue weighted by Crippen LogP contribution is -2.10. The van der Waals surface area contributed by atoms with Crippen molar-refractivity contribution in [3.8, 4) is 56.8 Å². The van der Waals surface area contributed by atoms with Crippen molar-refractivity contribution in [3.05, 3.63) is 137 Å². The summed E-state index contributed by atoms with van der Waals surface area (Å²) in [7, 11) is -9.59. The number of aryl methyl sites for hydroxylation is 4. The maximum Gasteiger partial charge on any atom is 0.300 e. The average molecular weight is 859 g/mol. The van der Waals surface area contributed by atoms with Gasteiger partial charge in [-0.3, -0.25) is 8.74 Å². The smallest absolute Gasteiger partial charge is 0.300 e. The van der Waals surface area contributed by atoms with E-state index < -0.39 is 45.6 Å². The second-order valence-corrected chi connectivity index (χ2v) is 18.8. The van der Waals surface area contributed by atoms with Crippen molar-refractivity contribution in [1.82, 2.24) is 0 Å². The van der Waals surface area contributed by atoms with Gasteiger partial charge in [-0.25, -0.2) is 8.42 Å². The predicted molar refractivity (Wildman–Crippen MR) is 224 cm³/mol. The SMILES string of the molecule is COc1ccc(-c2ccc(Oc3ccc(S(=O)(=O)c4ccc(Oc5ccc(-c6ccc(OC)c(C)c6)cc5C)c(S(=O)(=O)OC)c4)cc3CS(=O)(=O)O)c(C)c2)cc1C. The Bertz CT molecular complexity index is 2920. The van der Waals surface area contributed by atoms with Crippen LogP contribution in [-0.2, 0) is 40.0 Å². The van der Waals surface area contributed by atoms with Gasteiger partial charge >= 0.3 is 0 Å². The van der Waals surface area contributed by atoms with E-state index in [2.05, 4.69) is 0 Å². The standard InChI is InChI=1S/C44H42O12S3/c1-27-20-31(8-14-38(27)52-5)33-10-16-40(29(3)22-33)55-42-18-12-36(24-35(42)26-57(45,46)47)58(48,49)37-13-19-43(44(25-37)59(50,51)54-7)56-41-17-11-34(23-30(41)4)32-9-15-39(53-6)28(2)21-32/h8-25H,26H2,1-7H3,(H,45,46,47). The molecular formula is C44H42O12S3. The summed E-state index contributed by atoms with van der Waals surface area (Å²) in [6, 6.07) is 29.1. The molecule has 0 heterocycles. The van der Waals surface area contributed by atoms with Gasteiger partial charge in [0.25, 0.3) is 20.2 Å². The molecule has 6 rings (SSSR count). The van der Waals surface area contributed by atoms with Crippen LogP contribution in [0.3, 0.4) is 0 Å². The molecule has 0 saturated carbocycles. The number of benzene rings is 6. The minimum Gasteiger partial charge on any atom is -0.496 e. The molecule has 0 aromatic heterocycles. The molecule has 12 nitrogen and oxygen atoms in total. The number of methoxy groups -OCH3 is 2. The second kappa shape index (κ2) is 16.9. The Hall–Kier alpha value is -5.71. The lowest BCUT2D eigenvalue weighted by Gasteiger charge is -2.16. The predicted octanol–water partition coefficient (Wildman–Crippen LogP) is 9.41. The van der Waals surface area contributed by atoms with Gasteiger partial charge in [0.05, 0.1) is 31.1 Å². The maximum absolute atomic E-state index is 14.1. The summed E-state index contributed by atoms with van der Waals surface area (Å²) in [6.45, 7) is 7.46. The summed E-state index contributed by atoms with van der Waals surface area (Å²) >= 11 is 0. The van der Waals surface area contributed by atoms with E-state index in [-0.39, 0.29) is 22.0 Å². The molecule has 15 heteroatoms. The quantitative estimate of drug-likeness (QED) is 0.0815. The highest BCUT2D eigenvalue weighted by atomic mass is 32.2. The zero-order valence-electron chi connectivity index (χ0n) is 33.3. The summed E-state index contributed by atoms with van der Waals surface area (Å²) in [5.74, 6) is 0.989. The Morgan fingerprint density at radius 1 is 0.458 bits per heavy atom. The molecule has 0 aliphatic rings. The van der Waals surface area contributed by atoms with Gasteiger partial charge < -0.3 is 18.9 Å². The lowest BCUT2D eigenvalue weighted by atomic mass is 10.0. The van der Waals surface area contributed by atoms with Crippen LogP contribution in [0.2, 0.25) is 0 Å². The first-order valence-electron chi connectivity index (χ1n) is 18.0. The molecule has 0 unspecified atom stereocenters. The van der Waals surface area contributed by atoms with Crippen LogP contribution in [0, 0.1) is 27.7 Å². The fraction of sp³-hybridized carbons (Fsp3) is 0.182. The molecule has 6 aromatic carbocycles. The minimum atomic E-state index is -4.68. The Balaban J connectivity index is 1.32. The summed E-state index contributed by atoms with van der Waals surface area (Å²) < 4.78 is 116. The molecule has 0 spiro atoms. The van der Waals surface area contributed by atoms with Crippen LogP contribution in [0.1, 0.15) is 27.8 Å². The molecule has 0 bridgehead atoms. The van der Waals surface area contributed by atoms with Gasteiger partial charge in [0, 0.05) is 5.56 Å². The van der Waals surface area contributed by atoms with E-state index in [4.69, 9.17) is 23.1 Å². The Kier molecular flexibility index (Phi) is 12.3. The monoisotopic (exact) mass is 858 g/mol. The molecule has 0 atom stereocenters. The van der Waals surface area contributed by atoms with E-state index in [9.17, 15) is 29.8 Å². The van der Waals surface area contributed by atoms with Crippen LogP contribution in [0.15, 0.2) is 124 Å². The van der Waals surface area contributed by atoms with Crippen LogP contribution in [-0.4, -0.2) is 51.1 Å². The molecule has 308 valence electrons. The van der Waals surface area contributed by atoms with Crippen LogP contribution >= 0.6 is 0 Å². The van der Waals surface area contributed by atoms with Gasteiger partial charge in [-0.15, -0.1) is 0 Å². The fourth-order valence-electron chi connectivity index (χ4n) is 6.53. The van der Waals surface area contributed by atoms with Gasteiger partial charge in [-0.05, 0) is 157 Å². The zero-order chi connectivity index (χ0) is 42.9. The van der Waals surface area contributed by atoms with Gasteiger partial charge in [0.15, 0.2) is 0 Å². The number of hydrogen-bond acceptors (Lipinski definition) is 11. The van der Waals surface area contributed by atoms with Crippen molar-refractivity contribution in [2.75, 3.05) is 21.3 Å². The largest absolute Gasteiger partial charge is 0.496 e. The summed E-state index contributed by atoms with van der Waals surface area (Å²) in [5.41, 5.74) is 6.73. The topological polar surface area (TPSA) is 169 Å². The van der Waals surface area contributed by atoms with E-state index in [1.165, 1.54) is 24.3 Å². The van der Waals surface area contributed by atoms with Gasteiger partial charge in [0.1, 0.15) is 45.1 Å². The van der Waals surface area contributed by atoms with Gasteiger partial charge in [-0.1, -0.05) is 24.3 Å². The molecule has 0 aliphatic heterocycles. The lowest BCUT2D eigenvalue weighted by molar-refractivity contribution is 0.390. The van der Waals surface area contributed by atoms with Crippen LogP contribution in [0.4, 0.5) is 0 Å². The summed E-state index contributed by atoms with van der Waals surface area (Å²) in [5, 5.41) is 0. The summed E-state index contributed by atoms with van der Waals surface area (Å²) in [4.78, 5) is -1.40. The van der Waals surface area contributed by atoms with E-state index in [0.29, 0.717) is 22.6 Å². The Morgan fingerprint density at radius 3 is 1.22 bits per heavy atom. The van der Waals surface area contributed by atoms with E-state index in [1.807, 2.05) is 74.5 Å². The molecule has 0 aliphatic carbocycles. The molecule has 0 radical (unpaired) electrons. The highest BCUT2D eigenvalue weighted by Crippen LogP contribution is 2.39. The first-order valence-corrected chi connectivity index (χ1v) is 22.5. The van der Waals surface area contributed by atoms with Crippen molar-refractivity contribution in [2.24, 2.45) is 0 Å². The Labute approximate surface area is 344 Å². The van der Waals surface area contributed by atoms with E-state index in [1.54, 1.807) is 40.2 Å². The second-order valence-electron chi connectivity index (χ2n) is 13.8. The fourth-order valence-corrected chi connectivity index (χ4v) is 9.37. The molecule has 59 heavy (non-hydrogen) atoms. The third-order valence-corrected chi connectivity index (χ3v) is 13.4. The van der Waals surface area contributed by atoms with Crippen molar-refractivity contribution in [3.63, 3.8) is 0 Å². The summed E-state index contributed by atoms with van der Waals surface area (Å²) in [6.07, 6.45) is 0. The molecule has 0 saturated heterocycles. The molecule has 1 N–H and O–H groups in total. The van der Waals surface area contributed by atoms with E-state index in [0.717, 1.165) is 64.1 Å². The van der Waals surface area contributed by atoms with Crippen LogP contribution in [0.25, 0.3) is 22.3 Å². The van der Waals surface area contributed by atoms with Crippen molar-refractivity contribution in [1.29, 1.82) is 0 Å². The molecule has 0 amide bonds. The Morgan fingerprint density at radius 2 is 0.831 bits per heavy atom. The minimum absolute atomic E-state index is 0.0207. The first-order chi connectivity index (χ1) is 27.8. The highest BCUT2D eigenvalue weighted by molar-refractivity contribution is 7.91. The third-order valence-electron chi connectivity index (χ3n) is 9.64. The number of sulfone groups is 1. The van der Waals surface area contributed by atoms with Gasteiger partial charge in [-0.2, -0.15) is 16.8 Å². The van der Waals surface area contributed by atoms with Crippen molar-refractivity contribution >= 4 is 30.1 Å². The third kappa shape index (κ3) is 9.45. The average Bonchev–Trinajstić information content (AvgIpc) is 3.19. The highest BCUT2D eigenvalue weighted by Gasteiger charge is 2.28. The number of hydrogen-bond donors (Lipinski definition) is 1. The van der Waals surface area contributed by atoms with E-state index >= 15 is 0 Å². The molecular weight excluding hydrogens is 817 g/mol. The molecule has 6 aromatic rings. The number of rotatable bonds is 14. The van der Waals surface area contributed by atoms with Gasteiger partial charge in [0.2, 0.25) is 9.84 Å². The first kappa shape index (κ1) is 42.9. The van der Waals surface area contributed by atoms with Crippen molar-refractivity contribution in [2.45, 2.75) is 48.1 Å². The van der Waals surface area contributed by atoms with Crippen molar-refractivity contribution < 1.29 is 52.9 Å². The van der Waals surface area contributed by atoms with Crippen LogP contribution in [0.5, 0.6) is 34.5 Å². The normalized spacial score (nSPS) is 11.9. The molecule has 0 fully saturated rings. The number of ether oxygens (including phenoxy) is 4. The maximum atomic E-state index is 14.1.